The lowest BCUT2D eigenvalue weighted by molar-refractivity contribution is 1.07. The molecule has 17 aromatic rings. The van der Waals surface area contributed by atoms with Crippen molar-refractivity contribution in [3.8, 4) is 78.1 Å². The lowest BCUT2D eigenvalue weighted by Gasteiger charge is -2.26. The molecule has 0 atom stereocenters. The van der Waals surface area contributed by atoms with Crippen molar-refractivity contribution in [2.75, 3.05) is 9.80 Å². The molecule has 0 saturated carbocycles. The van der Waals surface area contributed by atoms with Gasteiger partial charge in [-0.05, 0) is 246 Å². The Morgan fingerprint density at radius 2 is 0.495 bits per heavy atom. The third kappa shape index (κ3) is 12.9. The quantitative estimate of drug-likeness (QED) is 0.0802. The number of fused-ring (bicyclic) bond motifs is 6. The molecular weight excluding hydrogens is 1320 g/mol. The molecule has 1 aliphatic rings. The van der Waals surface area contributed by atoms with E-state index in [2.05, 4.69) is 427 Å². The van der Waals surface area contributed by atoms with Crippen LogP contribution in [0.4, 0.5) is 34.1 Å². The van der Waals surface area contributed by atoms with E-state index in [-0.39, 0.29) is 0 Å². The highest BCUT2D eigenvalue weighted by Crippen LogP contribution is 2.43. The average molecular weight is 1390 g/mol. The predicted molar refractivity (Wildman–Crippen MR) is 466 cm³/mol. The second-order valence-corrected chi connectivity index (χ2v) is 27.6. The van der Waals surface area contributed by atoms with Gasteiger partial charge in [0, 0.05) is 66.9 Å². The maximum Gasteiger partial charge on any atom is 0.0619 e. The van der Waals surface area contributed by atoms with Crippen molar-refractivity contribution in [1.29, 1.82) is 0 Å². The highest BCUT2D eigenvalue weighted by molar-refractivity contribution is 6.12. The number of benzene rings is 15. The van der Waals surface area contributed by atoms with E-state index in [0.717, 1.165) is 178 Å². The zero-order valence-electron chi connectivity index (χ0n) is 60.2. The minimum atomic E-state index is 1.04. The molecule has 0 spiro atoms. The van der Waals surface area contributed by atoms with Gasteiger partial charge in [0.15, 0.2) is 0 Å². The van der Waals surface area contributed by atoms with Crippen molar-refractivity contribution in [3.05, 3.63) is 435 Å². The van der Waals surface area contributed by atoms with Crippen LogP contribution in [-0.2, 0) is 0 Å². The van der Waals surface area contributed by atoms with Gasteiger partial charge in [-0.25, -0.2) is 0 Å². The molecule has 109 heavy (non-hydrogen) atoms. The van der Waals surface area contributed by atoms with Crippen LogP contribution in [0.2, 0.25) is 0 Å². The van der Waals surface area contributed by atoms with E-state index in [1.807, 2.05) is 24.3 Å². The van der Waals surface area contributed by atoms with Gasteiger partial charge in [-0.1, -0.05) is 281 Å². The van der Waals surface area contributed by atoms with Crippen LogP contribution in [0.5, 0.6) is 0 Å². The lowest BCUT2D eigenvalue weighted by Crippen LogP contribution is -2.27. The first-order chi connectivity index (χ1) is 53.8. The van der Waals surface area contributed by atoms with Crippen LogP contribution in [0.1, 0.15) is 27.8 Å². The summed E-state index contributed by atoms with van der Waals surface area (Å²) in [6, 6.07) is 130. The van der Waals surface area contributed by atoms with Crippen molar-refractivity contribution >= 4 is 109 Å². The summed E-state index contributed by atoms with van der Waals surface area (Å²) in [7, 11) is 0. The molecule has 514 valence electrons. The number of allylic oxidation sites excluding steroid dienone is 3. The standard InChI is InChI=1S/C105H74N4/c1-5-72-19-27-76(28-20-72)80-35-52-92(53-36-80)106(93-54-37-81(38-55-93)77-29-21-73(6-2)22-30-77)96-60-43-84(44-61-96)87-49-66-103-99(69-87)98-64-47-86(48-65-102(98)108(103)90-15-11-9-12-16-90)89-51-68-105-101(71-89)100-70-88(50-67-104(100)109(105)91-17-13-10-14-18-91)85-45-62-97(63-46-85)107(94-56-39-82(40-57-94)78-31-23-74(7-3)24-32-78)95-58-41-83(42-59-95)79-33-25-75(8-4)26-34-79/h5-63,65-71H,1-4H2. The Morgan fingerprint density at radius 1 is 0.239 bits per heavy atom. The molecule has 0 N–H and O–H groups in total. The number of hydrogen-bond acceptors (Lipinski definition) is 2. The van der Waals surface area contributed by atoms with Gasteiger partial charge in [0.2, 0.25) is 0 Å². The molecule has 0 unspecified atom stereocenters. The fraction of sp³-hybridized carbons (Fsp3) is 0. The van der Waals surface area contributed by atoms with Gasteiger partial charge < -0.3 is 18.9 Å². The van der Waals surface area contributed by atoms with E-state index in [1.165, 1.54) is 10.8 Å². The van der Waals surface area contributed by atoms with E-state index in [9.17, 15) is 0 Å². The molecule has 15 aromatic carbocycles. The molecule has 4 nitrogen and oxygen atoms in total. The SMILES string of the molecule is C=Cc1ccc(-c2ccc(N(c3ccc(-c4ccc(C=C)cc4)cc3)c3ccc(-c4ccc5c(c4)c4c(n5-c5ccccc5)=CC=C(c5ccc6c(c5)c5cc(-c7ccc(N(c8ccc(-c9ccc(C=C)cc9)cc8)c8ccc(-c9ccc(C=C)cc9)cc8)cc7)ccc5n6-c5ccccc5)C=C=4)cc3)cc2)cc1. The first-order valence-electron chi connectivity index (χ1n) is 37.0. The zero-order valence-corrected chi connectivity index (χ0v) is 60.2. The second-order valence-electron chi connectivity index (χ2n) is 27.6. The van der Waals surface area contributed by atoms with Crippen LogP contribution < -0.4 is 20.4 Å². The number of nitrogens with zero attached hydrogens (tertiary/aromatic N) is 4. The van der Waals surface area contributed by atoms with Crippen LogP contribution in [0.3, 0.4) is 0 Å². The summed E-state index contributed by atoms with van der Waals surface area (Å²) in [4.78, 5) is 4.68. The normalized spacial score (nSPS) is 11.7. The molecule has 18 rings (SSSR count). The predicted octanol–water partition coefficient (Wildman–Crippen LogP) is 27.1. The van der Waals surface area contributed by atoms with Crippen LogP contribution in [0.15, 0.2) is 396 Å². The number of rotatable bonds is 19. The van der Waals surface area contributed by atoms with Crippen LogP contribution in [0.25, 0.3) is 153 Å². The molecule has 0 aliphatic heterocycles. The van der Waals surface area contributed by atoms with E-state index < -0.39 is 0 Å². The molecule has 2 heterocycles. The maximum absolute atomic E-state index is 3.96. The Kier molecular flexibility index (Phi) is 17.6. The Labute approximate surface area is 636 Å². The molecule has 0 saturated heterocycles. The second kappa shape index (κ2) is 28.8. The Hall–Kier alpha value is -14.5. The van der Waals surface area contributed by atoms with Gasteiger partial charge >= 0.3 is 0 Å². The third-order valence-electron chi connectivity index (χ3n) is 21.3. The summed E-state index contributed by atoms with van der Waals surface area (Å²) in [5.41, 5.74) is 36.2. The van der Waals surface area contributed by atoms with Gasteiger partial charge in [-0.3, -0.25) is 0 Å². The Balaban J connectivity index is 0.690. The zero-order chi connectivity index (χ0) is 73.3. The first kappa shape index (κ1) is 66.4. The van der Waals surface area contributed by atoms with Gasteiger partial charge in [0.1, 0.15) is 0 Å². The highest BCUT2D eigenvalue weighted by Gasteiger charge is 2.21. The van der Waals surface area contributed by atoms with Crippen molar-refractivity contribution in [2.24, 2.45) is 0 Å². The summed E-state index contributed by atoms with van der Waals surface area (Å²) in [5.74, 6) is 0. The first-order valence-corrected chi connectivity index (χ1v) is 37.0. The molecule has 0 amide bonds. The van der Waals surface area contributed by atoms with E-state index in [4.69, 9.17) is 0 Å². The van der Waals surface area contributed by atoms with Gasteiger partial charge in [0.05, 0.1) is 21.9 Å². The Bertz CT molecular complexity index is 6330. The smallest absolute Gasteiger partial charge is 0.0619 e. The minimum Gasteiger partial charge on any atom is -0.311 e. The molecule has 0 bridgehead atoms. The number of hydrogen-bond donors (Lipinski definition) is 0. The maximum atomic E-state index is 3.96. The third-order valence-corrected chi connectivity index (χ3v) is 21.3. The van der Waals surface area contributed by atoms with Gasteiger partial charge in [0.25, 0.3) is 0 Å². The number of para-hydroxylation sites is 2. The summed E-state index contributed by atoms with van der Waals surface area (Å²) < 4.78 is 4.78. The summed E-state index contributed by atoms with van der Waals surface area (Å²) in [6.45, 7) is 15.8. The van der Waals surface area contributed by atoms with Crippen molar-refractivity contribution in [3.63, 3.8) is 0 Å². The summed E-state index contributed by atoms with van der Waals surface area (Å²) in [6.07, 6.45) is 14.3. The van der Waals surface area contributed by atoms with Crippen molar-refractivity contribution < 1.29 is 0 Å². The van der Waals surface area contributed by atoms with E-state index in [1.54, 1.807) is 0 Å². The molecule has 1 aliphatic carbocycles. The van der Waals surface area contributed by atoms with E-state index >= 15 is 0 Å². The minimum absolute atomic E-state index is 1.04. The van der Waals surface area contributed by atoms with E-state index in [0.29, 0.717) is 0 Å². The molecule has 0 fully saturated rings. The summed E-state index contributed by atoms with van der Waals surface area (Å²) in [5, 5.41) is 5.58. The molecular formula is C105H74N4. The fourth-order valence-corrected chi connectivity index (χ4v) is 15.4. The van der Waals surface area contributed by atoms with Crippen LogP contribution >= 0.6 is 0 Å². The molecule has 4 heteroatoms. The average Bonchev–Trinajstić information content (AvgIpc) is 1.60. The fourth-order valence-electron chi connectivity index (χ4n) is 15.4. The largest absolute Gasteiger partial charge is 0.311 e. The molecule has 2 aromatic heterocycles. The van der Waals surface area contributed by atoms with Crippen molar-refractivity contribution in [1.82, 2.24) is 9.13 Å². The lowest BCUT2D eigenvalue weighted by atomic mass is 9.99. The summed E-state index contributed by atoms with van der Waals surface area (Å²) >= 11 is 0. The Morgan fingerprint density at radius 3 is 0.817 bits per heavy atom. The topological polar surface area (TPSA) is 16.3 Å². The van der Waals surface area contributed by atoms with Crippen LogP contribution in [-0.4, -0.2) is 9.13 Å². The van der Waals surface area contributed by atoms with Gasteiger partial charge in [-0.2, -0.15) is 0 Å². The van der Waals surface area contributed by atoms with Crippen LogP contribution in [0, 0.1) is 0 Å². The van der Waals surface area contributed by atoms with Gasteiger partial charge in [-0.15, -0.1) is 5.73 Å². The van der Waals surface area contributed by atoms with Crippen molar-refractivity contribution in [2.45, 2.75) is 0 Å². The number of aromatic nitrogens is 2. The monoisotopic (exact) mass is 1390 g/mol. The number of anilines is 6. The highest BCUT2D eigenvalue weighted by atomic mass is 15.1. The molecule has 0 radical (unpaired) electrons.